The number of carbonyl (C=O) groups is 2. The van der Waals surface area contributed by atoms with Crippen molar-refractivity contribution >= 4 is 33.9 Å². The topological polar surface area (TPSA) is 57.6 Å². The van der Waals surface area contributed by atoms with E-state index in [2.05, 4.69) is 0 Å². The van der Waals surface area contributed by atoms with Gasteiger partial charge < -0.3 is 5.11 Å². The van der Waals surface area contributed by atoms with Crippen molar-refractivity contribution in [3.63, 3.8) is 0 Å². The number of hydrogen-bond donors (Lipinski definition) is 1. The lowest BCUT2D eigenvalue weighted by Gasteiger charge is -2.27. The molecule has 1 N–H and O–H groups in total. The Morgan fingerprint density at radius 1 is 0.861 bits per heavy atom. The van der Waals surface area contributed by atoms with Gasteiger partial charge in [-0.15, -0.1) is 0 Å². The number of aliphatic hydroxyl groups excluding tert-OH is 1. The first-order chi connectivity index (χ1) is 17.2. The van der Waals surface area contributed by atoms with E-state index in [9.17, 15) is 27.9 Å². The van der Waals surface area contributed by atoms with Crippen LogP contribution >= 0.6 is 0 Å². The van der Waals surface area contributed by atoms with Crippen LogP contribution in [0, 0.1) is 6.92 Å². The van der Waals surface area contributed by atoms with Gasteiger partial charge >= 0.3 is 6.18 Å². The van der Waals surface area contributed by atoms with Gasteiger partial charge in [-0.25, -0.2) is 0 Å². The molecule has 7 heteroatoms. The highest BCUT2D eigenvalue weighted by atomic mass is 19.4. The molecule has 1 aliphatic heterocycles. The molecule has 1 aliphatic rings. The average molecular weight is 487 g/mol. The molecule has 180 valence electrons. The van der Waals surface area contributed by atoms with Crippen molar-refractivity contribution in [2.45, 2.75) is 19.1 Å². The van der Waals surface area contributed by atoms with E-state index >= 15 is 0 Å². The summed E-state index contributed by atoms with van der Waals surface area (Å²) in [6.45, 7) is 1.78. The predicted octanol–water partition coefficient (Wildman–Crippen LogP) is 6.79. The highest BCUT2D eigenvalue weighted by Gasteiger charge is 2.48. The third-order valence-corrected chi connectivity index (χ3v) is 6.42. The molecule has 1 atom stereocenters. The molecule has 0 radical (unpaired) electrons. The van der Waals surface area contributed by atoms with Gasteiger partial charge in [0.2, 0.25) is 0 Å². The molecule has 0 spiro atoms. The Morgan fingerprint density at radius 3 is 2.28 bits per heavy atom. The molecule has 0 aliphatic carbocycles. The number of amides is 1. The summed E-state index contributed by atoms with van der Waals surface area (Å²) in [5, 5.41) is 13.0. The van der Waals surface area contributed by atoms with E-state index in [1.54, 1.807) is 55.5 Å². The standard InChI is InChI=1S/C29H20F3NO3/c1-17-8-2-4-13-21(17)25-24(26(34)23-15-6-10-18-9-3-5-14-22(18)23)27(35)28(36)33(25)20-12-7-11-19(16-20)29(30,31)32/h2-16,25,34H,1H3/b26-24+. The number of carbonyl (C=O) groups excluding carboxylic acids is 2. The number of anilines is 1. The molecule has 5 rings (SSSR count). The molecule has 4 nitrogen and oxygen atoms in total. The van der Waals surface area contributed by atoms with Crippen LogP contribution in [0.2, 0.25) is 0 Å². The second-order valence-corrected chi connectivity index (χ2v) is 8.60. The van der Waals surface area contributed by atoms with Crippen LogP contribution < -0.4 is 4.90 Å². The van der Waals surface area contributed by atoms with Gasteiger partial charge in [0, 0.05) is 11.3 Å². The van der Waals surface area contributed by atoms with Gasteiger partial charge in [-0.2, -0.15) is 13.2 Å². The van der Waals surface area contributed by atoms with Crippen LogP contribution in [0.15, 0.2) is 96.6 Å². The Labute approximate surface area is 204 Å². The van der Waals surface area contributed by atoms with Gasteiger partial charge in [-0.3, -0.25) is 14.5 Å². The van der Waals surface area contributed by atoms with E-state index in [4.69, 9.17) is 0 Å². The minimum absolute atomic E-state index is 0.0860. The molecule has 4 aromatic carbocycles. The van der Waals surface area contributed by atoms with E-state index in [-0.39, 0.29) is 17.0 Å². The number of fused-ring (bicyclic) bond motifs is 1. The summed E-state index contributed by atoms with van der Waals surface area (Å²) in [6.07, 6.45) is -4.63. The van der Waals surface area contributed by atoms with Gasteiger partial charge in [0.1, 0.15) is 5.76 Å². The molecule has 4 aromatic rings. The fourth-order valence-electron chi connectivity index (χ4n) is 4.70. The number of aliphatic hydroxyl groups is 1. The van der Waals surface area contributed by atoms with Crippen LogP contribution in [0.5, 0.6) is 0 Å². The maximum Gasteiger partial charge on any atom is 0.416 e. The van der Waals surface area contributed by atoms with E-state index in [1.165, 1.54) is 12.1 Å². The van der Waals surface area contributed by atoms with Gasteiger partial charge in [-0.05, 0) is 47.0 Å². The van der Waals surface area contributed by atoms with Crippen LogP contribution in [-0.2, 0) is 15.8 Å². The van der Waals surface area contributed by atoms with Crippen molar-refractivity contribution in [3.05, 3.63) is 119 Å². The zero-order chi connectivity index (χ0) is 25.6. The molecule has 36 heavy (non-hydrogen) atoms. The summed E-state index contributed by atoms with van der Waals surface area (Å²) in [7, 11) is 0. The Bertz CT molecular complexity index is 1550. The van der Waals surface area contributed by atoms with Crippen LogP contribution in [0.3, 0.4) is 0 Å². The SMILES string of the molecule is Cc1ccccc1C1/C(=C(\O)c2cccc3ccccc23)C(=O)C(=O)N1c1cccc(C(F)(F)F)c1. The maximum atomic E-state index is 13.5. The Kier molecular flexibility index (Phi) is 5.63. The normalized spacial score (nSPS) is 17.7. The molecule has 0 saturated carbocycles. The van der Waals surface area contributed by atoms with E-state index < -0.39 is 29.5 Å². The highest BCUT2D eigenvalue weighted by molar-refractivity contribution is 6.51. The molecule has 0 bridgehead atoms. The second kappa shape index (κ2) is 8.68. The predicted molar refractivity (Wildman–Crippen MR) is 131 cm³/mol. The number of benzene rings is 4. The van der Waals surface area contributed by atoms with Crippen molar-refractivity contribution in [2.75, 3.05) is 4.90 Å². The Morgan fingerprint density at radius 2 is 1.53 bits per heavy atom. The number of hydrogen-bond acceptors (Lipinski definition) is 3. The minimum Gasteiger partial charge on any atom is -0.507 e. The zero-order valence-electron chi connectivity index (χ0n) is 19.1. The van der Waals surface area contributed by atoms with E-state index in [0.29, 0.717) is 22.1 Å². The van der Waals surface area contributed by atoms with Crippen LogP contribution in [0.1, 0.15) is 28.3 Å². The zero-order valence-corrected chi connectivity index (χ0v) is 19.1. The van der Waals surface area contributed by atoms with Crippen LogP contribution in [-0.4, -0.2) is 16.8 Å². The highest BCUT2D eigenvalue weighted by Crippen LogP contribution is 2.44. The number of alkyl halides is 3. The summed E-state index contributed by atoms with van der Waals surface area (Å²) >= 11 is 0. The number of halogens is 3. The summed E-state index contributed by atoms with van der Waals surface area (Å²) in [6, 6.07) is 22.6. The van der Waals surface area contributed by atoms with Gasteiger partial charge in [0.15, 0.2) is 0 Å². The summed E-state index contributed by atoms with van der Waals surface area (Å²) in [5.74, 6) is -2.36. The number of aryl methyl sites for hydroxylation is 1. The third-order valence-electron chi connectivity index (χ3n) is 6.42. The fraction of sp³-hybridized carbons (Fsp3) is 0.103. The number of rotatable bonds is 3. The first-order valence-corrected chi connectivity index (χ1v) is 11.2. The molecular formula is C29H20F3NO3. The van der Waals surface area contributed by atoms with E-state index in [1.807, 2.05) is 18.2 Å². The monoisotopic (exact) mass is 487 g/mol. The van der Waals surface area contributed by atoms with Crippen molar-refractivity contribution in [1.82, 2.24) is 0 Å². The first kappa shape index (κ1) is 23.4. The van der Waals surface area contributed by atoms with Crippen LogP contribution in [0.4, 0.5) is 18.9 Å². The lowest BCUT2D eigenvalue weighted by molar-refractivity contribution is -0.137. The van der Waals surface area contributed by atoms with Gasteiger partial charge in [0.25, 0.3) is 11.7 Å². The summed E-state index contributed by atoms with van der Waals surface area (Å²) < 4.78 is 40.4. The number of ketones is 1. The largest absolute Gasteiger partial charge is 0.507 e. The average Bonchev–Trinajstić information content (AvgIpc) is 3.13. The third kappa shape index (κ3) is 3.82. The second-order valence-electron chi connectivity index (χ2n) is 8.60. The van der Waals surface area contributed by atoms with Gasteiger partial charge in [0.05, 0.1) is 17.2 Å². The van der Waals surface area contributed by atoms with Gasteiger partial charge in [-0.1, -0.05) is 72.8 Å². The molecule has 1 fully saturated rings. The Balaban J connectivity index is 1.79. The molecule has 1 unspecified atom stereocenters. The lowest BCUT2D eigenvalue weighted by Crippen LogP contribution is -2.30. The molecule has 1 saturated heterocycles. The van der Waals surface area contributed by atoms with E-state index in [0.717, 1.165) is 22.4 Å². The first-order valence-electron chi connectivity index (χ1n) is 11.2. The minimum atomic E-state index is -4.63. The molecular weight excluding hydrogens is 467 g/mol. The fourth-order valence-corrected chi connectivity index (χ4v) is 4.70. The van der Waals surface area contributed by atoms with Crippen molar-refractivity contribution < 1.29 is 27.9 Å². The quantitative estimate of drug-likeness (QED) is 0.197. The Hall–Kier alpha value is -4.39. The molecule has 1 heterocycles. The van der Waals surface area contributed by atoms with Crippen LogP contribution in [0.25, 0.3) is 16.5 Å². The number of nitrogens with zero attached hydrogens (tertiary/aromatic N) is 1. The molecule has 1 amide bonds. The van der Waals surface area contributed by atoms with Crippen molar-refractivity contribution in [2.24, 2.45) is 0 Å². The maximum absolute atomic E-state index is 13.5. The number of Topliss-reactive ketones (excluding diaryl/α,β-unsaturated/α-hetero) is 1. The summed E-state index contributed by atoms with van der Waals surface area (Å²) in [4.78, 5) is 27.7. The summed E-state index contributed by atoms with van der Waals surface area (Å²) in [5.41, 5.74) is 0.384. The van der Waals surface area contributed by atoms with Crippen molar-refractivity contribution in [1.29, 1.82) is 0 Å². The lowest BCUT2D eigenvalue weighted by atomic mass is 9.91. The molecule has 0 aromatic heterocycles. The van der Waals surface area contributed by atoms with Crippen molar-refractivity contribution in [3.8, 4) is 0 Å². The smallest absolute Gasteiger partial charge is 0.416 e.